The van der Waals surface area contributed by atoms with Crippen LogP contribution in [0.25, 0.3) is 0 Å². The van der Waals surface area contributed by atoms with E-state index in [2.05, 4.69) is 29.2 Å². The third kappa shape index (κ3) is 9.24. The summed E-state index contributed by atoms with van der Waals surface area (Å²) in [5, 5.41) is 13.8. The molecule has 0 bridgehead atoms. The second-order valence-corrected chi connectivity index (χ2v) is 11.2. The molecular formula is C29H45N3O8. The zero-order chi connectivity index (χ0) is 29.4. The third-order valence-corrected chi connectivity index (χ3v) is 7.60. The highest BCUT2D eigenvalue weighted by Gasteiger charge is 2.58. The standard InChI is InChI=1S/C29H45N3O8/c1-17(8-11-25-28(36)29(16-37-29)15-22(40-25)14-27(35)32-30-6)7-10-24-18(2)13-23(20(4)39-24)31-26(34)12-9-19(3)38-21(5)33/h7-9,11-12,18-20,22-25,28,30,36H,10,13-16H2,1-6H3,(H,31,34)(H,32,35)/t18-,19-,20+,22+,23+,24-,25+,28+,29+/m0/s1. The number of carbonyl (C=O) groups excluding carboxylic acids is 3. The van der Waals surface area contributed by atoms with Gasteiger partial charge in [0.1, 0.15) is 23.9 Å². The molecule has 9 atom stereocenters. The number of aliphatic hydroxyl groups is 1. The first-order valence-electron chi connectivity index (χ1n) is 14.0. The highest BCUT2D eigenvalue weighted by atomic mass is 16.6. The summed E-state index contributed by atoms with van der Waals surface area (Å²) in [7, 11) is 1.63. The molecule has 0 aliphatic carbocycles. The molecule has 0 saturated carbocycles. The fraction of sp³-hybridized carbons (Fsp3) is 0.690. The summed E-state index contributed by atoms with van der Waals surface area (Å²) in [5.41, 5.74) is 5.53. The Bertz CT molecular complexity index is 992. The van der Waals surface area contributed by atoms with Crippen LogP contribution in [0.3, 0.4) is 0 Å². The highest BCUT2D eigenvalue weighted by Crippen LogP contribution is 2.43. The molecule has 224 valence electrons. The molecule has 3 saturated heterocycles. The van der Waals surface area contributed by atoms with Crippen molar-refractivity contribution in [3.63, 3.8) is 0 Å². The van der Waals surface area contributed by atoms with E-state index in [1.807, 2.05) is 26.0 Å². The fourth-order valence-corrected chi connectivity index (χ4v) is 5.28. The quantitative estimate of drug-likeness (QED) is 0.0968. The van der Waals surface area contributed by atoms with Crippen molar-refractivity contribution in [1.82, 2.24) is 16.2 Å². The molecule has 0 radical (unpaired) electrons. The van der Waals surface area contributed by atoms with Crippen molar-refractivity contribution in [2.75, 3.05) is 13.7 Å². The van der Waals surface area contributed by atoms with Gasteiger partial charge in [-0.1, -0.05) is 30.7 Å². The van der Waals surface area contributed by atoms with Gasteiger partial charge in [-0.15, -0.1) is 0 Å². The average molecular weight is 564 g/mol. The van der Waals surface area contributed by atoms with Crippen LogP contribution in [0.2, 0.25) is 0 Å². The van der Waals surface area contributed by atoms with Crippen molar-refractivity contribution in [2.24, 2.45) is 5.92 Å². The Hall–Kier alpha value is -2.57. The Balaban J connectivity index is 1.50. The lowest BCUT2D eigenvalue weighted by molar-refractivity contribution is -0.146. The molecule has 3 fully saturated rings. The van der Waals surface area contributed by atoms with E-state index in [4.69, 9.17) is 18.9 Å². The minimum atomic E-state index is -0.797. The van der Waals surface area contributed by atoms with Gasteiger partial charge < -0.3 is 29.4 Å². The van der Waals surface area contributed by atoms with Crippen LogP contribution in [0.4, 0.5) is 0 Å². The second-order valence-electron chi connectivity index (χ2n) is 11.2. The van der Waals surface area contributed by atoms with Crippen LogP contribution in [0.5, 0.6) is 0 Å². The first-order valence-corrected chi connectivity index (χ1v) is 14.0. The summed E-state index contributed by atoms with van der Waals surface area (Å²) in [6, 6.07) is -0.123. The van der Waals surface area contributed by atoms with Gasteiger partial charge in [0.15, 0.2) is 0 Å². The number of rotatable bonds is 11. The van der Waals surface area contributed by atoms with Gasteiger partial charge >= 0.3 is 5.97 Å². The van der Waals surface area contributed by atoms with E-state index < -0.39 is 29.9 Å². The van der Waals surface area contributed by atoms with Crippen LogP contribution >= 0.6 is 0 Å². The summed E-state index contributed by atoms with van der Waals surface area (Å²) in [6.07, 6.45) is 8.57. The summed E-state index contributed by atoms with van der Waals surface area (Å²) in [4.78, 5) is 35.4. The lowest BCUT2D eigenvalue weighted by Crippen LogP contribution is -2.51. The molecule has 2 amide bonds. The van der Waals surface area contributed by atoms with Gasteiger partial charge in [-0.3, -0.25) is 19.8 Å². The number of allylic oxidation sites excluding steroid dienone is 2. The number of hydrazine groups is 1. The molecule has 40 heavy (non-hydrogen) atoms. The Morgan fingerprint density at radius 1 is 1.18 bits per heavy atom. The number of hydrogen-bond acceptors (Lipinski definition) is 9. The summed E-state index contributed by atoms with van der Waals surface area (Å²) in [5.74, 6) is -0.603. The maximum atomic E-state index is 12.4. The number of esters is 1. The minimum absolute atomic E-state index is 0.000699. The Labute approximate surface area is 236 Å². The molecule has 11 nitrogen and oxygen atoms in total. The third-order valence-electron chi connectivity index (χ3n) is 7.60. The number of aliphatic hydroxyl groups excluding tert-OH is 1. The van der Waals surface area contributed by atoms with Gasteiger partial charge in [0, 0.05) is 26.5 Å². The van der Waals surface area contributed by atoms with E-state index in [-0.39, 0.29) is 48.5 Å². The van der Waals surface area contributed by atoms with Crippen LogP contribution in [0.1, 0.15) is 60.3 Å². The number of nitrogens with one attached hydrogen (secondary N) is 3. The van der Waals surface area contributed by atoms with Gasteiger partial charge in [-0.2, -0.15) is 0 Å². The molecule has 0 aromatic rings. The van der Waals surface area contributed by atoms with Crippen LogP contribution in [-0.2, 0) is 33.3 Å². The molecule has 3 rings (SSSR count). The van der Waals surface area contributed by atoms with Crippen LogP contribution in [-0.4, -0.2) is 84.8 Å². The molecule has 3 heterocycles. The lowest BCUT2D eigenvalue weighted by atomic mass is 9.87. The van der Waals surface area contributed by atoms with Crippen molar-refractivity contribution in [3.05, 3.63) is 36.0 Å². The number of ether oxygens (including phenoxy) is 4. The summed E-state index contributed by atoms with van der Waals surface area (Å²) in [6.45, 7) is 9.53. The van der Waals surface area contributed by atoms with Gasteiger partial charge in [-0.05, 0) is 45.6 Å². The Morgan fingerprint density at radius 2 is 1.90 bits per heavy atom. The second kappa shape index (κ2) is 14.4. The van der Waals surface area contributed by atoms with Crippen LogP contribution in [0.15, 0.2) is 36.0 Å². The molecule has 3 aliphatic rings. The monoisotopic (exact) mass is 563 g/mol. The molecule has 0 aromatic heterocycles. The zero-order valence-electron chi connectivity index (χ0n) is 24.3. The minimum Gasteiger partial charge on any atom is -0.459 e. The van der Waals surface area contributed by atoms with Crippen molar-refractivity contribution in [3.8, 4) is 0 Å². The number of hydrogen-bond donors (Lipinski definition) is 4. The highest BCUT2D eigenvalue weighted by molar-refractivity contribution is 5.87. The maximum Gasteiger partial charge on any atom is 0.303 e. The van der Waals surface area contributed by atoms with E-state index in [1.165, 1.54) is 13.0 Å². The van der Waals surface area contributed by atoms with Gasteiger partial charge in [0.25, 0.3) is 0 Å². The maximum absolute atomic E-state index is 12.4. The zero-order valence-corrected chi connectivity index (χ0v) is 24.3. The molecule has 11 heteroatoms. The first kappa shape index (κ1) is 32.0. The summed E-state index contributed by atoms with van der Waals surface area (Å²) >= 11 is 0. The van der Waals surface area contributed by atoms with E-state index in [1.54, 1.807) is 20.0 Å². The van der Waals surface area contributed by atoms with Crippen LogP contribution in [0, 0.1) is 5.92 Å². The van der Waals surface area contributed by atoms with Crippen molar-refractivity contribution in [2.45, 2.75) is 109 Å². The van der Waals surface area contributed by atoms with E-state index in [9.17, 15) is 19.5 Å². The van der Waals surface area contributed by atoms with Crippen molar-refractivity contribution >= 4 is 17.8 Å². The Kier molecular flexibility index (Phi) is 11.5. The van der Waals surface area contributed by atoms with Crippen LogP contribution < -0.4 is 16.2 Å². The molecule has 0 aromatic carbocycles. The van der Waals surface area contributed by atoms with Gasteiger partial charge in [-0.25, -0.2) is 5.43 Å². The fourth-order valence-electron chi connectivity index (χ4n) is 5.28. The molecule has 1 spiro atoms. The predicted octanol–water partition coefficient (Wildman–Crippen LogP) is 1.61. The first-order chi connectivity index (χ1) is 18.9. The SMILES string of the molecule is CNNC(=O)C[C@@H]1C[C@@]2(CO2)[C@H](O)[C@@H](C=CC(C)=CC[C@@H]2O[C@H](C)[C@H](NC(=O)C=C[C@H](C)OC(C)=O)C[C@@H]2C)O1. The van der Waals surface area contributed by atoms with Crippen molar-refractivity contribution < 1.29 is 38.4 Å². The lowest BCUT2D eigenvalue weighted by Gasteiger charge is -2.39. The number of epoxide rings is 1. The van der Waals surface area contributed by atoms with Crippen molar-refractivity contribution in [1.29, 1.82) is 0 Å². The molecule has 0 unspecified atom stereocenters. The Morgan fingerprint density at radius 3 is 2.55 bits per heavy atom. The van der Waals surface area contributed by atoms with E-state index in [0.29, 0.717) is 19.4 Å². The van der Waals surface area contributed by atoms with E-state index in [0.717, 1.165) is 12.0 Å². The topological polar surface area (TPSA) is 148 Å². The molecule has 4 N–H and O–H groups in total. The number of amides is 2. The molecular weight excluding hydrogens is 518 g/mol. The number of carbonyl (C=O) groups is 3. The van der Waals surface area contributed by atoms with E-state index >= 15 is 0 Å². The average Bonchev–Trinajstić information content (AvgIpc) is 3.64. The smallest absolute Gasteiger partial charge is 0.303 e. The summed E-state index contributed by atoms with van der Waals surface area (Å²) < 4.78 is 22.9. The predicted molar refractivity (Wildman–Crippen MR) is 148 cm³/mol. The van der Waals surface area contributed by atoms with Gasteiger partial charge in [0.2, 0.25) is 11.8 Å². The normalized spacial score (nSPS) is 35.1. The van der Waals surface area contributed by atoms with Gasteiger partial charge in [0.05, 0.1) is 37.4 Å². The largest absolute Gasteiger partial charge is 0.459 e. The molecule has 3 aliphatic heterocycles.